The first-order valence-electron chi connectivity index (χ1n) is 8.63. The largest absolute Gasteiger partial charge is 0.486 e. The van der Waals surface area contributed by atoms with Crippen molar-refractivity contribution in [2.75, 3.05) is 12.3 Å². The molecule has 0 spiro atoms. The van der Waals surface area contributed by atoms with E-state index in [-0.39, 0.29) is 6.10 Å². The number of pyridine rings is 1. The number of hydrogen-bond donors (Lipinski definition) is 1. The standard InChI is InChI=1S/C21H20N2O3/c22-16-8-12-21(23-13-16)26-17-9-5-15(6-10-17)7-11-18-14-24-19-3-1-2-4-20(19)25-18/h1-6,8-10,12-13,18H,7,11,14,22H2/t18-/m0/s1. The van der Waals surface area contributed by atoms with Gasteiger partial charge in [-0.3, -0.25) is 0 Å². The van der Waals surface area contributed by atoms with E-state index in [0.29, 0.717) is 18.2 Å². The number of benzene rings is 2. The summed E-state index contributed by atoms with van der Waals surface area (Å²) in [5.41, 5.74) is 7.47. The van der Waals surface area contributed by atoms with E-state index in [0.717, 1.165) is 30.1 Å². The van der Waals surface area contributed by atoms with Crippen molar-refractivity contribution in [3.63, 3.8) is 0 Å². The molecule has 0 aliphatic carbocycles. The van der Waals surface area contributed by atoms with Gasteiger partial charge in [0.1, 0.15) is 18.5 Å². The SMILES string of the molecule is Nc1ccc(Oc2ccc(CC[C@H]3COc4ccccc4O3)cc2)nc1. The number of ether oxygens (including phenoxy) is 3. The fraction of sp³-hybridized carbons (Fsp3) is 0.190. The van der Waals surface area contributed by atoms with Gasteiger partial charge in [-0.2, -0.15) is 0 Å². The minimum absolute atomic E-state index is 0.0693. The quantitative estimate of drug-likeness (QED) is 0.747. The number of nitrogens with two attached hydrogens (primary N) is 1. The van der Waals surface area contributed by atoms with E-state index < -0.39 is 0 Å². The van der Waals surface area contributed by atoms with Crippen molar-refractivity contribution in [2.24, 2.45) is 0 Å². The Bertz CT molecular complexity index is 863. The molecule has 0 saturated carbocycles. The average Bonchev–Trinajstić information content (AvgIpc) is 2.69. The molecule has 3 aromatic rings. The zero-order valence-electron chi connectivity index (χ0n) is 14.3. The number of aromatic nitrogens is 1. The monoisotopic (exact) mass is 348 g/mol. The lowest BCUT2D eigenvalue weighted by molar-refractivity contribution is 0.0851. The Labute approximate surface area is 152 Å². The minimum atomic E-state index is 0.0693. The number of nitrogens with zero attached hydrogens (tertiary/aromatic N) is 1. The third kappa shape index (κ3) is 3.88. The minimum Gasteiger partial charge on any atom is -0.486 e. The molecule has 26 heavy (non-hydrogen) atoms. The van der Waals surface area contributed by atoms with Gasteiger partial charge in [-0.05, 0) is 48.7 Å². The van der Waals surface area contributed by atoms with Crippen LogP contribution in [0.5, 0.6) is 23.1 Å². The summed E-state index contributed by atoms with van der Waals surface area (Å²) >= 11 is 0. The van der Waals surface area contributed by atoms with Crippen LogP contribution in [0.3, 0.4) is 0 Å². The third-order valence-electron chi connectivity index (χ3n) is 4.23. The van der Waals surface area contributed by atoms with Gasteiger partial charge in [0, 0.05) is 6.07 Å². The zero-order chi connectivity index (χ0) is 17.8. The Hall–Kier alpha value is -3.21. The number of nitrogen functional groups attached to an aromatic ring is 1. The summed E-state index contributed by atoms with van der Waals surface area (Å²) in [4.78, 5) is 4.13. The molecule has 1 aliphatic rings. The molecule has 2 aromatic carbocycles. The van der Waals surface area contributed by atoms with Crippen molar-refractivity contribution in [1.82, 2.24) is 4.98 Å². The van der Waals surface area contributed by atoms with Gasteiger partial charge in [0.05, 0.1) is 11.9 Å². The number of para-hydroxylation sites is 2. The van der Waals surface area contributed by atoms with Crippen molar-refractivity contribution >= 4 is 5.69 Å². The molecule has 4 rings (SSSR count). The molecule has 2 N–H and O–H groups in total. The summed E-state index contributed by atoms with van der Waals surface area (Å²) in [7, 11) is 0. The van der Waals surface area contributed by atoms with Crippen LogP contribution in [0, 0.1) is 0 Å². The molecule has 0 radical (unpaired) electrons. The summed E-state index contributed by atoms with van der Waals surface area (Å²) < 4.78 is 17.5. The van der Waals surface area contributed by atoms with Gasteiger partial charge in [-0.1, -0.05) is 24.3 Å². The van der Waals surface area contributed by atoms with Crippen LogP contribution in [0.1, 0.15) is 12.0 Å². The number of rotatable bonds is 5. The van der Waals surface area contributed by atoms with Gasteiger partial charge >= 0.3 is 0 Å². The molecule has 1 atom stereocenters. The van der Waals surface area contributed by atoms with E-state index >= 15 is 0 Å². The van der Waals surface area contributed by atoms with E-state index in [2.05, 4.69) is 17.1 Å². The topological polar surface area (TPSA) is 66.6 Å². The summed E-state index contributed by atoms with van der Waals surface area (Å²) in [6.07, 6.45) is 3.46. The lowest BCUT2D eigenvalue weighted by Gasteiger charge is -2.26. The zero-order valence-corrected chi connectivity index (χ0v) is 14.3. The van der Waals surface area contributed by atoms with Crippen molar-refractivity contribution < 1.29 is 14.2 Å². The Morgan fingerprint density at radius 1 is 1.00 bits per heavy atom. The normalized spacial score (nSPS) is 15.5. The fourth-order valence-electron chi connectivity index (χ4n) is 2.83. The molecular weight excluding hydrogens is 328 g/mol. The van der Waals surface area contributed by atoms with E-state index in [4.69, 9.17) is 19.9 Å². The highest BCUT2D eigenvalue weighted by Crippen LogP contribution is 2.32. The number of anilines is 1. The Morgan fingerprint density at radius 3 is 2.58 bits per heavy atom. The maximum atomic E-state index is 6.00. The lowest BCUT2D eigenvalue weighted by atomic mass is 10.1. The molecule has 1 aromatic heterocycles. The predicted octanol–water partition coefficient (Wildman–Crippen LogP) is 4.23. The Kier molecular flexibility index (Phi) is 4.60. The highest BCUT2D eigenvalue weighted by molar-refractivity contribution is 5.41. The van der Waals surface area contributed by atoms with Crippen molar-refractivity contribution in [3.8, 4) is 23.1 Å². The molecule has 0 bridgehead atoms. The third-order valence-corrected chi connectivity index (χ3v) is 4.23. The first kappa shape index (κ1) is 16.3. The van der Waals surface area contributed by atoms with E-state index in [1.54, 1.807) is 18.3 Å². The van der Waals surface area contributed by atoms with Crippen LogP contribution in [-0.4, -0.2) is 17.7 Å². The molecule has 5 nitrogen and oxygen atoms in total. The van der Waals surface area contributed by atoms with E-state index in [1.165, 1.54) is 5.56 Å². The molecule has 0 saturated heterocycles. The second kappa shape index (κ2) is 7.35. The average molecular weight is 348 g/mol. The highest BCUT2D eigenvalue weighted by atomic mass is 16.6. The molecule has 2 heterocycles. The second-order valence-corrected chi connectivity index (χ2v) is 6.21. The predicted molar refractivity (Wildman–Crippen MR) is 99.8 cm³/mol. The maximum Gasteiger partial charge on any atom is 0.219 e. The molecular formula is C21H20N2O3. The second-order valence-electron chi connectivity index (χ2n) is 6.21. The van der Waals surface area contributed by atoms with Crippen LogP contribution in [0.2, 0.25) is 0 Å². The van der Waals surface area contributed by atoms with Gasteiger partial charge in [0.2, 0.25) is 5.88 Å². The van der Waals surface area contributed by atoms with Crippen LogP contribution in [0.4, 0.5) is 5.69 Å². The fourth-order valence-corrected chi connectivity index (χ4v) is 2.83. The van der Waals surface area contributed by atoms with Crippen molar-refractivity contribution in [2.45, 2.75) is 18.9 Å². The van der Waals surface area contributed by atoms with E-state index in [1.807, 2.05) is 36.4 Å². The van der Waals surface area contributed by atoms with Crippen LogP contribution >= 0.6 is 0 Å². The summed E-state index contributed by atoms with van der Waals surface area (Å²) in [6, 6.07) is 19.3. The molecule has 0 amide bonds. The summed E-state index contributed by atoms with van der Waals surface area (Å²) in [6.45, 7) is 0.584. The first-order chi connectivity index (χ1) is 12.8. The number of hydrogen-bond acceptors (Lipinski definition) is 5. The number of fused-ring (bicyclic) bond motifs is 1. The number of aryl methyl sites for hydroxylation is 1. The van der Waals surface area contributed by atoms with Gasteiger partial charge < -0.3 is 19.9 Å². The first-order valence-corrected chi connectivity index (χ1v) is 8.63. The van der Waals surface area contributed by atoms with Crippen LogP contribution in [0.25, 0.3) is 0 Å². The Morgan fingerprint density at radius 2 is 1.81 bits per heavy atom. The molecule has 0 fully saturated rings. The molecule has 132 valence electrons. The van der Waals surface area contributed by atoms with Gasteiger partial charge in [0.25, 0.3) is 0 Å². The molecule has 0 unspecified atom stereocenters. The van der Waals surface area contributed by atoms with Crippen LogP contribution < -0.4 is 19.9 Å². The van der Waals surface area contributed by atoms with Gasteiger partial charge in [-0.15, -0.1) is 0 Å². The Balaban J connectivity index is 1.31. The van der Waals surface area contributed by atoms with Crippen molar-refractivity contribution in [3.05, 3.63) is 72.4 Å². The van der Waals surface area contributed by atoms with Gasteiger partial charge in [0.15, 0.2) is 11.5 Å². The smallest absolute Gasteiger partial charge is 0.219 e. The lowest BCUT2D eigenvalue weighted by Crippen LogP contribution is -2.29. The highest BCUT2D eigenvalue weighted by Gasteiger charge is 2.20. The maximum absolute atomic E-state index is 6.00. The summed E-state index contributed by atoms with van der Waals surface area (Å²) in [5, 5.41) is 0. The summed E-state index contributed by atoms with van der Waals surface area (Å²) in [5.74, 6) is 2.92. The van der Waals surface area contributed by atoms with Crippen molar-refractivity contribution in [1.29, 1.82) is 0 Å². The molecule has 1 aliphatic heterocycles. The van der Waals surface area contributed by atoms with E-state index in [9.17, 15) is 0 Å². The van der Waals surface area contributed by atoms with Crippen LogP contribution in [-0.2, 0) is 6.42 Å². The van der Waals surface area contributed by atoms with Gasteiger partial charge in [-0.25, -0.2) is 4.98 Å². The molecule has 5 heteroatoms. The van der Waals surface area contributed by atoms with Crippen LogP contribution in [0.15, 0.2) is 66.9 Å².